The van der Waals surface area contributed by atoms with Crippen molar-refractivity contribution in [3.8, 4) is 0 Å². The summed E-state index contributed by atoms with van der Waals surface area (Å²) in [6.45, 7) is 5.48. The van der Waals surface area contributed by atoms with Crippen LogP contribution in [0.3, 0.4) is 0 Å². The first-order chi connectivity index (χ1) is 7.40. The summed E-state index contributed by atoms with van der Waals surface area (Å²) >= 11 is 3.35. The maximum atomic E-state index is 11.4. The van der Waals surface area contributed by atoms with E-state index in [1.165, 1.54) is 0 Å². The first-order valence-electron chi connectivity index (χ1n) is 4.93. The van der Waals surface area contributed by atoms with Gasteiger partial charge in [0.15, 0.2) is 0 Å². The van der Waals surface area contributed by atoms with E-state index in [4.69, 9.17) is 10.5 Å². The number of nitrogen functional groups attached to an aromatic ring is 1. The molecule has 0 aliphatic carbocycles. The van der Waals surface area contributed by atoms with Crippen molar-refractivity contribution in [2.24, 2.45) is 0 Å². The van der Waals surface area contributed by atoms with Gasteiger partial charge in [0.2, 0.25) is 0 Å². The largest absolute Gasteiger partial charge is 0.447 e. The minimum absolute atomic E-state index is 0.151. The molecule has 0 heterocycles. The molecule has 1 amide bonds. The highest BCUT2D eigenvalue weighted by molar-refractivity contribution is 9.10. The number of nitrogens with two attached hydrogens (primary N) is 1. The van der Waals surface area contributed by atoms with E-state index in [1.807, 2.05) is 13.0 Å². The Labute approximate surface area is 103 Å². The van der Waals surface area contributed by atoms with Crippen molar-refractivity contribution in [2.75, 3.05) is 11.1 Å². The number of rotatable bonds is 2. The lowest BCUT2D eigenvalue weighted by molar-refractivity contribution is 0.130. The van der Waals surface area contributed by atoms with Crippen molar-refractivity contribution < 1.29 is 9.53 Å². The molecule has 0 spiro atoms. The number of amides is 1. The summed E-state index contributed by atoms with van der Waals surface area (Å²) in [7, 11) is 0. The van der Waals surface area contributed by atoms with Crippen molar-refractivity contribution in [3.63, 3.8) is 0 Å². The van der Waals surface area contributed by atoms with Gasteiger partial charge in [-0.15, -0.1) is 0 Å². The molecule has 0 aliphatic rings. The van der Waals surface area contributed by atoms with Gasteiger partial charge >= 0.3 is 6.09 Å². The van der Waals surface area contributed by atoms with Crippen molar-refractivity contribution in [1.29, 1.82) is 0 Å². The minimum Gasteiger partial charge on any atom is -0.447 e. The normalized spacial score (nSPS) is 10.3. The molecule has 0 saturated carbocycles. The molecule has 0 fully saturated rings. The molecule has 5 heteroatoms. The topological polar surface area (TPSA) is 64.3 Å². The second-order valence-electron chi connectivity index (χ2n) is 3.77. The molecular weight excluding hydrogens is 272 g/mol. The smallest absolute Gasteiger partial charge is 0.411 e. The molecule has 0 aromatic heterocycles. The Hall–Kier alpha value is -1.23. The fourth-order valence-electron chi connectivity index (χ4n) is 1.14. The second kappa shape index (κ2) is 5.21. The van der Waals surface area contributed by atoms with Crippen LogP contribution in [0.4, 0.5) is 16.2 Å². The molecule has 1 aromatic rings. The third-order valence-corrected chi connectivity index (χ3v) is 2.59. The van der Waals surface area contributed by atoms with Gasteiger partial charge in [-0.2, -0.15) is 0 Å². The van der Waals surface area contributed by atoms with E-state index in [1.54, 1.807) is 19.9 Å². The minimum atomic E-state index is -0.487. The number of carbonyl (C=O) groups is 1. The van der Waals surface area contributed by atoms with Crippen LogP contribution >= 0.6 is 15.9 Å². The quantitative estimate of drug-likeness (QED) is 0.820. The molecule has 0 radical (unpaired) electrons. The van der Waals surface area contributed by atoms with Crippen LogP contribution in [0.2, 0.25) is 0 Å². The van der Waals surface area contributed by atoms with E-state index in [2.05, 4.69) is 21.2 Å². The van der Waals surface area contributed by atoms with Crippen molar-refractivity contribution >= 4 is 33.4 Å². The Morgan fingerprint density at radius 1 is 1.50 bits per heavy atom. The number of hydrogen-bond donors (Lipinski definition) is 2. The fraction of sp³-hybridized carbons (Fsp3) is 0.364. The summed E-state index contributed by atoms with van der Waals surface area (Å²) in [5, 5.41) is 2.62. The van der Waals surface area contributed by atoms with Gasteiger partial charge in [-0.25, -0.2) is 4.79 Å². The first-order valence-corrected chi connectivity index (χ1v) is 5.72. The highest BCUT2D eigenvalue weighted by Gasteiger charge is 2.09. The molecule has 0 saturated heterocycles. The maximum absolute atomic E-state index is 11.4. The standard InChI is InChI=1S/C11H15BrN2O2/c1-6(2)16-11(15)14-10-5-9(13)7(3)4-8(10)12/h4-6H,13H2,1-3H3,(H,14,15). The van der Waals surface area contributed by atoms with Crippen LogP contribution in [0.1, 0.15) is 19.4 Å². The number of hydrogen-bond acceptors (Lipinski definition) is 3. The maximum Gasteiger partial charge on any atom is 0.411 e. The molecular formula is C11H15BrN2O2. The Kier molecular flexibility index (Phi) is 4.18. The number of aryl methyl sites for hydroxylation is 1. The van der Waals surface area contributed by atoms with E-state index >= 15 is 0 Å². The average Bonchev–Trinajstić information content (AvgIpc) is 2.12. The second-order valence-corrected chi connectivity index (χ2v) is 4.62. The monoisotopic (exact) mass is 286 g/mol. The number of nitrogens with one attached hydrogen (secondary N) is 1. The zero-order valence-electron chi connectivity index (χ0n) is 9.50. The number of ether oxygens (including phenoxy) is 1. The van der Waals surface area contributed by atoms with Gasteiger partial charge < -0.3 is 10.5 Å². The van der Waals surface area contributed by atoms with Crippen LogP contribution < -0.4 is 11.1 Å². The van der Waals surface area contributed by atoms with E-state index in [9.17, 15) is 4.79 Å². The molecule has 4 nitrogen and oxygen atoms in total. The summed E-state index contributed by atoms with van der Waals surface area (Å²) in [6, 6.07) is 3.54. The van der Waals surface area contributed by atoms with Crippen LogP contribution in [0.5, 0.6) is 0 Å². The number of carbonyl (C=O) groups excluding carboxylic acids is 1. The third kappa shape index (κ3) is 3.41. The van der Waals surface area contributed by atoms with Crippen LogP contribution in [0.25, 0.3) is 0 Å². The van der Waals surface area contributed by atoms with Crippen molar-refractivity contribution in [1.82, 2.24) is 0 Å². The van der Waals surface area contributed by atoms with Gasteiger partial charge in [-0.3, -0.25) is 5.32 Å². The average molecular weight is 287 g/mol. The first kappa shape index (κ1) is 12.8. The summed E-state index contributed by atoms with van der Waals surface area (Å²) in [5.41, 5.74) is 7.94. The molecule has 0 aliphatic heterocycles. The van der Waals surface area contributed by atoms with Gasteiger partial charge in [0, 0.05) is 10.2 Å². The molecule has 3 N–H and O–H groups in total. The zero-order valence-corrected chi connectivity index (χ0v) is 11.1. The van der Waals surface area contributed by atoms with Crippen molar-refractivity contribution in [3.05, 3.63) is 22.2 Å². The van der Waals surface area contributed by atoms with E-state index in [-0.39, 0.29) is 6.10 Å². The summed E-state index contributed by atoms with van der Waals surface area (Å²) < 4.78 is 5.75. The van der Waals surface area contributed by atoms with Gasteiger partial charge in [-0.05, 0) is 54.4 Å². The van der Waals surface area contributed by atoms with Gasteiger partial charge in [-0.1, -0.05) is 0 Å². The number of anilines is 2. The molecule has 1 aromatic carbocycles. The van der Waals surface area contributed by atoms with Gasteiger partial charge in [0.25, 0.3) is 0 Å². The molecule has 88 valence electrons. The summed E-state index contributed by atoms with van der Waals surface area (Å²) in [5.74, 6) is 0. The van der Waals surface area contributed by atoms with Crippen LogP contribution in [-0.4, -0.2) is 12.2 Å². The lowest BCUT2D eigenvalue weighted by atomic mass is 10.2. The Balaban J connectivity index is 2.81. The predicted molar refractivity (Wildman–Crippen MR) is 68.5 cm³/mol. The lowest BCUT2D eigenvalue weighted by Gasteiger charge is -2.12. The fourth-order valence-corrected chi connectivity index (χ4v) is 1.70. The molecule has 0 unspecified atom stereocenters. The molecule has 1 rings (SSSR count). The highest BCUT2D eigenvalue weighted by Crippen LogP contribution is 2.27. The third-order valence-electron chi connectivity index (χ3n) is 1.94. The van der Waals surface area contributed by atoms with Gasteiger partial charge in [0.05, 0.1) is 11.8 Å². The number of benzene rings is 1. The van der Waals surface area contributed by atoms with Crippen LogP contribution in [-0.2, 0) is 4.74 Å². The van der Waals surface area contributed by atoms with E-state index in [0.717, 1.165) is 10.0 Å². The lowest BCUT2D eigenvalue weighted by Crippen LogP contribution is -2.18. The SMILES string of the molecule is Cc1cc(Br)c(NC(=O)OC(C)C)cc1N. The van der Waals surface area contributed by atoms with Gasteiger partial charge in [0.1, 0.15) is 0 Å². The predicted octanol–water partition coefficient (Wildman–Crippen LogP) is 3.30. The molecule has 0 atom stereocenters. The van der Waals surface area contributed by atoms with E-state index in [0.29, 0.717) is 11.4 Å². The molecule has 16 heavy (non-hydrogen) atoms. The summed E-state index contributed by atoms with van der Waals surface area (Å²) in [6.07, 6.45) is -0.638. The van der Waals surface area contributed by atoms with E-state index < -0.39 is 6.09 Å². The van der Waals surface area contributed by atoms with Crippen LogP contribution in [0.15, 0.2) is 16.6 Å². The number of halogens is 1. The Bertz CT molecular complexity index is 405. The Morgan fingerprint density at radius 2 is 2.12 bits per heavy atom. The van der Waals surface area contributed by atoms with Crippen LogP contribution in [0, 0.1) is 6.92 Å². The zero-order chi connectivity index (χ0) is 12.3. The Morgan fingerprint density at radius 3 is 2.69 bits per heavy atom. The molecule has 0 bridgehead atoms. The summed E-state index contributed by atoms with van der Waals surface area (Å²) in [4.78, 5) is 11.4. The highest BCUT2D eigenvalue weighted by atomic mass is 79.9. The van der Waals surface area contributed by atoms with Crippen molar-refractivity contribution in [2.45, 2.75) is 26.9 Å².